The monoisotopic (exact) mass is 147 g/mol. The van der Waals surface area contributed by atoms with E-state index in [1.165, 1.54) is 6.92 Å². The van der Waals surface area contributed by atoms with Gasteiger partial charge in [0.15, 0.2) is 0 Å². The second-order valence-corrected chi connectivity index (χ2v) is 3.72. The highest BCUT2D eigenvalue weighted by molar-refractivity contribution is 7.86. The van der Waals surface area contributed by atoms with Gasteiger partial charge in [0, 0.05) is 29.2 Å². The first-order valence-electron chi connectivity index (χ1n) is 2.80. The van der Waals surface area contributed by atoms with Crippen LogP contribution in [0.25, 0.3) is 0 Å². The van der Waals surface area contributed by atoms with Crippen LogP contribution in [0.5, 0.6) is 0 Å². The summed E-state index contributed by atoms with van der Waals surface area (Å²) in [5, 5.41) is 2.68. The van der Waals surface area contributed by atoms with Crippen molar-refractivity contribution in [3.05, 3.63) is 0 Å². The molecule has 3 nitrogen and oxygen atoms in total. The average Bonchev–Trinajstić information content (AvgIpc) is 1.60. The summed E-state index contributed by atoms with van der Waals surface area (Å²) >= 11 is 0. The third-order valence-corrected chi connectivity index (χ3v) is 2.73. The Morgan fingerprint density at radius 1 is 1.67 bits per heavy atom. The molecule has 0 aromatic heterocycles. The topological polar surface area (TPSA) is 46.2 Å². The zero-order valence-corrected chi connectivity index (χ0v) is 6.03. The van der Waals surface area contributed by atoms with E-state index in [4.69, 9.17) is 0 Å². The summed E-state index contributed by atoms with van der Waals surface area (Å²) in [6, 6.07) is 0.184. The lowest BCUT2D eigenvalue weighted by molar-refractivity contribution is -0.119. The molecular formula is C5H9NO2S. The van der Waals surface area contributed by atoms with Gasteiger partial charge in [0.05, 0.1) is 6.04 Å². The lowest BCUT2D eigenvalue weighted by Crippen LogP contribution is -2.49. The number of nitrogens with one attached hydrogen (secondary N) is 1. The van der Waals surface area contributed by atoms with Gasteiger partial charge >= 0.3 is 0 Å². The van der Waals surface area contributed by atoms with Gasteiger partial charge in [-0.25, -0.2) is 0 Å². The van der Waals surface area contributed by atoms with Crippen molar-refractivity contribution in [3.63, 3.8) is 0 Å². The Balaban J connectivity index is 2.18. The lowest BCUT2D eigenvalue weighted by Gasteiger charge is -2.24. The summed E-state index contributed by atoms with van der Waals surface area (Å²) in [6.07, 6.45) is 0. The van der Waals surface area contributed by atoms with Gasteiger partial charge in [0.1, 0.15) is 0 Å². The van der Waals surface area contributed by atoms with Crippen LogP contribution in [0.3, 0.4) is 0 Å². The molecule has 52 valence electrons. The number of carbonyl (C=O) groups is 1. The van der Waals surface area contributed by atoms with Crippen molar-refractivity contribution >= 4 is 16.7 Å². The van der Waals surface area contributed by atoms with Crippen LogP contribution in [0.2, 0.25) is 0 Å². The van der Waals surface area contributed by atoms with E-state index < -0.39 is 10.8 Å². The molecule has 1 heterocycles. The van der Waals surface area contributed by atoms with Gasteiger partial charge < -0.3 is 5.32 Å². The summed E-state index contributed by atoms with van der Waals surface area (Å²) in [5.74, 6) is 1.25. The minimum Gasteiger partial charge on any atom is -0.352 e. The fourth-order valence-electron chi connectivity index (χ4n) is 0.771. The van der Waals surface area contributed by atoms with E-state index in [9.17, 15) is 9.00 Å². The van der Waals surface area contributed by atoms with Crippen LogP contribution in [-0.2, 0) is 15.6 Å². The van der Waals surface area contributed by atoms with Gasteiger partial charge in [-0.3, -0.25) is 9.00 Å². The smallest absolute Gasteiger partial charge is 0.217 e. The van der Waals surface area contributed by atoms with Crippen molar-refractivity contribution < 1.29 is 9.00 Å². The number of carbonyl (C=O) groups excluding carboxylic acids is 1. The van der Waals surface area contributed by atoms with E-state index in [1.807, 2.05) is 0 Å². The number of hydrogen-bond donors (Lipinski definition) is 1. The van der Waals surface area contributed by atoms with Crippen molar-refractivity contribution in [2.75, 3.05) is 11.5 Å². The SMILES string of the molecule is CC(=O)NC1CS(=O)C1. The van der Waals surface area contributed by atoms with Gasteiger partial charge in [0.2, 0.25) is 5.91 Å². The first-order chi connectivity index (χ1) is 4.18. The number of amides is 1. The van der Waals surface area contributed by atoms with Gasteiger partial charge in [0.25, 0.3) is 0 Å². The standard InChI is InChI=1S/C5H9NO2S/c1-4(7)6-5-2-9(8)3-5/h5H,2-3H2,1H3,(H,6,7). The second-order valence-electron chi connectivity index (χ2n) is 2.17. The van der Waals surface area contributed by atoms with Crippen molar-refractivity contribution in [2.24, 2.45) is 0 Å². The molecule has 1 N–H and O–H groups in total. The van der Waals surface area contributed by atoms with Gasteiger partial charge in [-0.2, -0.15) is 0 Å². The maximum atomic E-state index is 10.5. The minimum atomic E-state index is -0.653. The molecule has 0 aromatic rings. The van der Waals surface area contributed by atoms with Crippen LogP contribution >= 0.6 is 0 Å². The molecular weight excluding hydrogens is 138 g/mol. The minimum absolute atomic E-state index is 0.0308. The quantitative estimate of drug-likeness (QED) is 0.530. The van der Waals surface area contributed by atoms with Crippen molar-refractivity contribution in [1.82, 2.24) is 5.32 Å². The highest BCUT2D eigenvalue weighted by Gasteiger charge is 2.25. The lowest BCUT2D eigenvalue weighted by atomic mass is 10.4. The van der Waals surface area contributed by atoms with Crippen LogP contribution in [-0.4, -0.2) is 27.7 Å². The van der Waals surface area contributed by atoms with Crippen molar-refractivity contribution in [2.45, 2.75) is 13.0 Å². The van der Waals surface area contributed by atoms with Crippen molar-refractivity contribution in [3.8, 4) is 0 Å². The summed E-state index contributed by atoms with van der Waals surface area (Å²) in [6.45, 7) is 1.47. The summed E-state index contributed by atoms with van der Waals surface area (Å²) < 4.78 is 10.5. The molecule has 0 aromatic carbocycles. The number of hydrogen-bond acceptors (Lipinski definition) is 2. The van der Waals surface area contributed by atoms with E-state index in [0.29, 0.717) is 11.5 Å². The first kappa shape index (κ1) is 6.74. The molecule has 1 amide bonds. The molecule has 0 radical (unpaired) electrons. The Bertz CT molecular complexity index is 149. The molecule has 1 aliphatic heterocycles. The molecule has 9 heavy (non-hydrogen) atoms. The van der Waals surface area contributed by atoms with Crippen molar-refractivity contribution in [1.29, 1.82) is 0 Å². The molecule has 0 saturated carbocycles. The van der Waals surface area contributed by atoms with Crippen LogP contribution in [0.1, 0.15) is 6.92 Å². The highest BCUT2D eigenvalue weighted by Crippen LogP contribution is 2.03. The predicted molar refractivity (Wildman–Crippen MR) is 35.5 cm³/mol. The summed E-state index contributed by atoms with van der Waals surface area (Å²) in [7, 11) is -0.653. The fraction of sp³-hybridized carbons (Fsp3) is 0.800. The predicted octanol–water partition coefficient (Wildman–Crippen LogP) is -0.747. The molecule has 1 fully saturated rings. The van der Waals surface area contributed by atoms with E-state index in [2.05, 4.69) is 5.32 Å². The molecule has 1 saturated heterocycles. The normalized spacial score (nSPS) is 33.0. The maximum Gasteiger partial charge on any atom is 0.217 e. The average molecular weight is 147 g/mol. The largest absolute Gasteiger partial charge is 0.352 e. The Morgan fingerprint density at radius 2 is 2.22 bits per heavy atom. The molecule has 0 aliphatic carbocycles. The van der Waals surface area contributed by atoms with E-state index in [1.54, 1.807) is 0 Å². The van der Waals surface area contributed by atoms with Crippen LogP contribution in [0, 0.1) is 0 Å². The van der Waals surface area contributed by atoms with E-state index in [-0.39, 0.29) is 11.9 Å². The highest BCUT2D eigenvalue weighted by atomic mass is 32.2. The first-order valence-corrected chi connectivity index (χ1v) is 4.29. The Labute approximate surface area is 56.3 Å². The Kier molecular flexibility index (Phi) is 1.85. The Hall–Kier alpha value is -0.380. The van der Waals surface area contributed by atoms with E-state index >= 15 is 0 Å². The second kappa shape index (κ2) is 2.47. The zero-order valence-electron chi connectivity index (χ0n) is 5.22. The summed E-state index contributed by atoms with van der Waals surface area (Å²) in [5.41, 5.74) is 0. The third kappa shape index (κ3) is 1.78. The van der Waals surface area contributed by atoms with E-state index in [0.717, 1.165) is 0 Å². The molecule has 0 atom stereocenters. The molecule has 4 heteroatoms. The molecule has 0 unspecified atom stereocenters. The third-order valence-electron chi connectivity index (χ3n) is 1.18. The van der Waals surface area contributed by atoms with Gasteiger partial charge in [-0.15, -0.1) is 0 Å². The van der Waals surface area contributed by atoms with Crippen LogP contribution < -0.4 is 5.32 Å². The maximum absolute atomic E-state index is 10.5. The molecule has 0 bridgehead atoms. The van der Waals surface area contributed by atoms with Crippen LogP contribution in [0.4, 0.5) is 0 Å². The van der Waals surface area contributed by atoms with Gasteiger partial charge in [-0.1, -0.05) is 0 Å². The zero-order chi connectivity index (χ0) is 6.85. The molecule has 1 rings (SSSR count). The van der Waals surface area contributed by atoms with Gasteiger partial charge in [-0.05, 0) is 0 Å². The number of rotatable bonds is 1. The molecule has 0 spiro atoms. The van der Waals surface area contributed by atoms with Crippen LogP contribution in [0.15, 0.2) is 0 Å². The fourth-order valence-corrected chi connectivity index (χ4v) is 1.74. The molecule has 1 aliphatic rings. The Morgan fingerprint density at radius 3 is 2.56 bits per heavy atom. The summed E-state index contributed by atoms with van der Waals surface area (Å²) in [4.78, 5) is 10.3.